The highest BCUT2D eigenvalue weighted by Gasteiger charge is 2.32. The van der Waals surface area contributed by atoms with Gasteiger partial charge in [0.2, 0.25) is 17.7 Å². The van der Waals surface area contributed by atoms with Gasteiger partial charge in [0.1, 0.15) is 11.8 Å². The largest absolute Gasteiger partial charge is 0.484 e. The van der Waals surface area contributed by atoms with E-state index in [0.717, 1.165) is 28.4 Å². The molecule has 0 saturated carbocycles. The normalized spacial score (nSPS) is 21.3. The molecule has 10 nitrogen and oxygen atoms in total. The van der Waals surface area contributed by atoms with Crippen molar-refractivity contribution >= 4 is 35.0 Å². The summed E-state index contributed by atoms with van der Waals surface area (Å²) in [4.78, 5) is 59.1. The SMILES string of the molecule is C#CC[C@H]1NC(=O)C[C@H](CCCCNC(=O)COc2ccccc2)NC(=O)Cc2nc(sc2C)C2CCN(CC2)C1=O. The van der Waals surface area contributed by atoms with Crippen LogP contribution < -0.4 is 20.7 Å². The monoisotopic (exact) mass is 593 g/mol. The fourth-order valence-electron chi connectivity index (χ4n) is 5.27. The molecule has 0 unspecified atom stereocenters. The van der Waals surface area contributed by atoms with Gasteiger partial charge in [-0.2, -0.15) is 0 Å². The molecule has 0 aliphatic carbocycles. The van der Waals surface area contributed by atoms with E-state index >= 15 is 0 Å². The van der Waals surface area contributed by atoms with Crippen LogP contribution in [0.1, 0.15) is 66.4 Å². The predicted octanol–water partition coefficient (Wildman–Crippen LogP) is 2.46. The molecule has 1 fully saturated rings. The van der Waals surface area contributed by atoms with E-state index in [4.69, 9.17) is 16.1 Å². The summed E-state index contributed by atoms with van der Waals surface area (Å²) in [5.41, 5.74) is 0.760. The number of piperidine rings is 1. The second-order valence-corrected chi connectivity index (χ2v) is 12.0. The summed E-state index contributed by atoms with van der Waals surface area (Å²) < 4.78 is 5.46. The van der Waals surface area contributed by atoms with E-state index in [-0.39, 0.29) is 55.4 Å². The van der Waals surface area contributed by atoms with Crippen LogP contribution in [0.25, 0.3) is 0 Å². The van der Waals surface area contributed by atoms with E-state index in [1.807, 2.05) is 25.1 Å². The first kappa shape index (κ1) is 31.0. The molecule has 1 aromatic carbocycles. The molecule has 1 saturated heterocycles. The summed E-state index contributed by atoms with van der Waals surface area (Å²) in [6.45, 7) is 3.50. The Bertz CT molecular complexity index is 1280. The molecule has 11 heteroatoms. The number of amides is 4. The third-order valence-electron chi connectivity index (χ3n) is 7.56. The average molecular weight is 594 g/mol. The number of aromatic nitrogens is 1. The van der Waals surface area contributed by atoms with Crippen LogP contribution in [-0.2, 0) is 25.6 Å². The Morgan fingerprint density at radius 1 is 1.14 bits per heavy atom. The molecule has 42 heavy (non-hydrogen) atoms. The Balaban J connectivity index is 1.35. The lowest BCUT2D eigenvalue weighted by molar-refractivity contribution is -0.137. The number of nitrogens with zero attached hydrogens (tertiary/aromatic N) is 2. The average Bonchev–Trinajstić information content (AvgIpc) is 3.34. The summed E-state index contributed by atoms with van der Waals surface area (Å²) in [5, 5.41) is 9.68. The lowest BCUT2D eigenvalue weighted by Gasteiger charge is -2.33. The second kappa shape index (κ2) is 15.4. The summed E-state index contributed by atoms with van der Waals surface area (Å²) in [7, 11) is 0. The van der Waals surface area contributed by atoms with Crippen LogP contribution in [0.3, 0.4) is 0 Å². The topological polar surface area (TPSA) is 130 Å². The number of hydrogen-bond donors (Lipinski definition) is 3. The van der Waals surface area contributed by atoms with Gasteiger partial charge in [0.15, 0.2) is 6.61 Å². The number of nitrogens with one attached hydrogen (secondary N) is 3. The van der Waals surface area contributed by atoms with Crippen LogP contribution in [0.2, 0.25) is 0 Å². The van der Waals surface area contributed by atoms with Crippen molar-refractivity contribution < 1.29 is 23.9 Å². The van der Waals surface area contributed by atoms with Gasteiger partial charge >= 0.3 is 0 Å². The van der Waals surface area contributed by atoms with Crippen molar-refractivity contribution in [1.82, 2.24) is 25.8 Å². The van der Waals surface area contributed by atoms with Gasteiger partial charge in [-0.3, -0.25) is 19.2 Å². The molecule has 1 aromatic heterocycles. The van der Waals surface area contributed by atoms with Gasteiger partial charge in [-0.25, -0.2) is 4.98 Å². The first-order chi connectivity index (χ1) is 20.3. The maximum absolute atomic E-state index is 13.3. The molecule has 3 aliphatic heterocycles. The van der Waals surface area contributed by atoms with E-state index in [9.17, 15) is 19.2 Å². The van der Waals surface area contributed by atoms with E-state index in [2.05, 4.69) is 21.9 Å². The van der Waals surface area contributed by atoms with E-state index in [0.29, 0.717) is 44.6 Å². The molecule has 0 radical (unpaired) electrons. The predicted molar refractivity (Wildman–Crippen MR) is 160 cm³/mol. The Kier molecular flexibility index (Phi) is 11.3. The van der Waals surface area contributed by atoms with Crippen molar-refractivity contribution in [3.8, 4) is 18.1 Å². The van der Waals surface area contributed by atoms with Gasteiger partial charge in [-0.15, -0.1) is 23.7 Å². The minimum atomic E-state index is -0.801. The lowest BCUT2D eigenvalue weighted by Crippen LogP contribution is -2.51. The number of hydrogen-bond acceptors (Lipinski definition) is 7. The first-order valence-electron chi connectivity index (χ1n) is 14.5. The van der Waals surface area contributed by atoms with Crippen LogP contribution in [0.4, 0.5) is 0 Å². The highest BCUT2D eigenvalue weighted by atomic mass is 32.1. The smallest absolute Gasteiger partial charge is 0.257 e. The van der Waals surface area contributed by atoms with Gasteiger partial charge in [0.05, 0.1) is 17.1 Å². The van der Waals surface area contributed by atoms with E-state index in [1.165, 1.54) is 0 Å². The number of terminal acetylenes is 1. The van der Waals surface area contributed by atoms with Crippen molar-refractivity contribution in [3.05, 3.63) is 45.9 Å². The highest BCUT2D eigenvalue weighted by molar-refractivity contribution is 7.11. The highest BCUT2D eigenvalue weighted by Crippen LogP contribution is 2.33. The third-order valence-corrected chi connectivity index (χ3v) is 8.74. The first-order valence-corrected chi connectivity index (χ1v) is 15.4. The summed E-state index contributed by atoms with van der Waals surface area (Å²) >= 11 is 1.62. The Hall–Kier alpha value is -3.91. The number of benzene rings is 1. The van der Waals surface area contributed by atoms with Crippen LogP contribution in [-0.4, -0.2) is 71.8 Å². The number of unbranched alkanes of at least 4 members (excludes halogenated alkanes) is 1. The summed E-state index contributed by atoms with van der Waals surface area (Å²) in [5.74, 6) is 2.45. The molecule has 4 bridgehead atoms. The van der Waals surface area contributed by atoms with Crippen molar-refractivity contribution in [2.45, 2.75) is 76.3 Å². The van der Waals surface area contributed by atoms with Crippen molar-refractivity contribution in [3.63, 3.8) is 0 Å². The zero-order chi connectivity index (χ0) is 29.9. The lowest BCUT2D eigenvalue weighted by atomic mass is 9.96. The standard InChI is InChI=1S/C31H39N5O5S/c1-3-9-25-31(40)36-16-13-22(14-17-36)30-35-26(21(2)42-30)19-28(38)33-23(18-27(37)34-25)10-7-8-15-32-29(39)20-41-24-11-5-4-6-12-24/h1,4-6,11-12,22-23,25H,7-10,13-20H2,2H3,(H,32,39)(H,33,38)(H,34,37)/t23-,25+/m0/s1. The number of para-hydroxylation sites is 1. The number of ether oxygens (including phenoxy) is 1. The maximum atomic E-state index is 13.3. The second-order valence-electron chi connectivity index (χ2n) is 10.8. The fraction of sp³-hybridized carbons (Fsp3) is 0.516. The number of carbonyl (C=O) groups excluding carboxylic acids is 4. The van der Waals surface area contributed by atoms with Crippen LogP contribution in [0.15, 0.2) is 30.3 Å². The van der Waals surface area contributed by atoms with Crippen molar-refractivity contribution in [1.29, 1.82) is 0 Å². The summed E-state index contributed by atoms with van der Waals surface area (Å²) in [6.07, 6.45) is 9.22. The molecular weight excluding hydrogens is 554 g/mol. The minimum absolute atomic E-state index is 0.0146. The fourth-order valence-corrected chi connectivity index (χ4v) is 6.37. The Morgan fingerprint density at radius 3 is 2.64 bits per heavy atom. The molecule has 4 amide bonds. The number of rotatable bonds is 9. The number of fused-ring (bicyclic) bond motifs is 10. The van der Waals surface area contributed by atoms with Gasteiger partial charge in [0.25, 0.3) is 5.91 Å². The number of carbonyl (C=O) groups is 4. The van der Waals surface area contributed by atoms with Crippen molar-refractivity contribution in [2.24, 2.45) is 0 Å². The third kappa shape index (κ3) is 9.05. The number of aryl methyl sites for hydroxylation is 1. The van der Waals surface area contributed by atoms with Crippen molar-refractivity contribution in [2.75, 3.05) is 26.2 Å². The van der Waals surface area contributed by atoms with Gasteiger partial charge in [0, 0.05) is 49.3 Å². The molecule has 0 spiro atoms. The van der Waals surface area contributed by atoms with Crippen LogP contribution in [0, 0.1) is 19.3 Å². The molecule has 5 rings (SSSR count). The van der Waals surface area contributed by atoms with Crippen LogP contribution in [0.5, 0.6) is 5.75 Å². The molecule has 3 aliphatic rings. The molecule has 2 aromatic rings. The number of thiazole rings is 1. The zero-order valence-electron chi connectivity index (χ0n) is 24.0. The quantitative estimate of drug-likeness (QED) is 0.303. The van der Waals surface area contributed by atoms with E-state index in [1.54, 1.807) is 28.4 Å². The van der Waals surface area contributed by atoms with Crippen LogP contribution >= 0.6 is 11.3 Å². The molecule has 224 valence electrons. The van der Waals surface area contributed by atoms with E-state index < -0.39 is 12.1 Å². The molecule has 3 N–H and O–H groups in total. The minimum Gasteiger partial charge on any atom is -0.484 e. The molecule has 2 atom stereocenters. The maximum Gasteiger partial charge on any atom is 0.257 e. The summed E-state index contributed by atoms with van der Waals surface area (Å²) in [6, 6.07) is 7.87. The zero-order valence-corrected chi connectivity index (χ0v) is 24.8. The van der Waals surface area contributed by atoms with Gasteiger partial charge < -0.3 is 25.6 Å². The molecular formula is C31H39N5O5S. The van der Waals surface area contributed by atoms with Gasteiger partial charge in [-0.05, 0) is 51.2 Å². The Morgan fingerprint density at radius 2 is 1.90 bits per heavy atom. The Labute approximate surface area is 251 Å². The van der Waals surface area contributed by atoms with Gasteiger partial charge in [-0.1, -0.05) is 18.2 Å². The molecule has 4 heterocycles.